The lowest BCUT2D eigenvalue weighted by molar-refractivity contribution is 0.415. The molecule has 1 aliphatic carbocycles. The molecule has 0 saturated heterocycles. The Morgan fingerprint density at radius 1 is 1.21 bits per heavy atom. The predicted octanol–water partition coefficient (Wildman–Crippen LogP) is 4.31. The summed E-state index contributed by atoms with van der Waals surface area (Å²) < 4.78 is 8.33. The largest absolute Gasteiger partial charge is 0.497 e. The number of hydrogen-bond donors (Lipinski definition) is 1. The Bertz CT molecular complexity index is 694. The number of rotatable bonds is 2. The molecule has 1 saturated carbocycles. The van der Waals surface area contributed by atoms with Crippen LogP contribution >= 0.6 is 12.2 Å². The van der Waals surface area contributed by atoms with Crippen molar-refractivity contribution in [3.63, 3.8) is 0 Å². The molecule has 1 aromatic carbocycles. The zero-order valence-corrected chi connectivity index (χ0v) is 12.9. The average Bonchev–Trinajstić information content (AvgIpc) is 2.62. The van der Waals surface area contributed by atoms with Crippen LogP contribution in [-0.2, 0) is 0 Å². The summed E-state index contributed by atoms with van der Waals surface area (Å²) in [6.45, 7) is 9.23. The van der Waals surface area contributed by atoms with Gasteiger partial charge < -0.3 is 14.3 Å². The van der Waals surface area contributed by atoms with Gasteiger partial charge in [0.15, 0.2) is 4.77 Å². The van der Waals surface area contributed by atoms with Crippen LogP contribution in [-0.4, -0.2) is 16.7 Å². The van der Waals surface area contributed by atoms with Gasteiger partial charge in [-0.05, 0) is 35.2 Å². The summed E-state index contributed by atoms with van der Waals surface area (Å²) in [7, 11) is 1.68. The number of nitrogens with one attached hydrogen (secondary N) is 1. The molecular weight excluding hydrogens is 256 g/mol. The molecule has 4 heteroatoms. The first-order valence-electron chi connectivity index (χ1n) is 6.59. The van der Waals surface area contributed by atoms with Crippen LogP contribution in [0.3, 0.4) is 0 Å². The number of hydrogen-bond acceptors (Lipinski definition) is 2. The fourth-order valence-corrected chi connectivity index (χ4v) is 3.61. The molecule has 3 rings (SSSR count). The smallest absolute Gasteiger partial charge is 0.178 e. The van der Waals surface area contributed by atoms with Crippen molar-refractivity contribution in [1.82, 2.24) is 9.55 Å². The zero-order chi connectivity index (χ0) is 14.0. The van der Waals surface area contributed by atoms with Crippen LogP contribution in [0.25, 0.3) is 11.0 Å². The Balaban J connectivity index is 2.21. The van der Waals surface area contributed by atoms with E-state index in [0.717, 1.165) is 21.6 Å². The molecule has 1 aliphatic rings. The second-order valence-corrected chi connectivity index (χ2v) is 6.92. The van der Waals surface area contributed by atoms with E-state index >= 15 is 0 Å². The highest BCUT2D eigenvalue weighted by Crippen LogP contribution is 2.71. The van der Waals surface area contributed by atoms with E-state index in [1.54, 1.807) is 7.11 Å². The highest BCUT2D eigenvalue weighted by atomic mass is 32.1. The van der Waals surface area contributed by atoms with E-state index in [9.17, 15) is 0 Å². The molecule has 3 nitrogen and oxygen atoms in total. The Labute approximate surface area is 118 Å². The number of methoxy groups -OCH3 is 1. The summed E-state index contributed by atoms with van der Waals surface area (Å²) in [6, 6.07) is 6.52. The molecule has 19 heavy (non-hydrogen) atoms. The Hall–Kier alpha value is -1.29. The fourth-order valence-electron chi connectivity index (χ4n) is 3.30. The van der Waals surface area contributed by atoms with Gasteiger partial charge in [0, 0.05) is 12.1 Å². The van der Waals surface area contributed by atoms with Crippen molar-refractivity contribution in [2.45, 2.75) is 33.7 Å². The zero-order valence-electron chi connectivity index (χ0n) is 12.1. The van der Waals surface area contributed by atoms with Crippen molar-refractivity contribution in [3.8, 4) is 5.75 Å². The number of benzene rings is 1. The van der Waals surface area contributed by atoms with Gasteiger partial charge in [0.05, 0.1) is 18.1 Å². The predicted molar refractivity (Wildman–Crippen MR) is 80.3 cm³/mol. The van der Waals surface area contributed by atoms with Crippen molar-refractivity contribution in [1.29, 1.82) is 0 Å². The van der Waals surface area contributed by atoms with Gasteiger partial charge in [-0.2, -0.15) is 0 Å². The monoisotopic (exact) mass is 276 g/mol. The first-order valence-corrected chi connectivity index (χ1v) is 7.00. The number of ether oxygens (including phenoxy) is 1. The molecule has 102 valence electrons. The molecule has 0 bridgehead atoms. The lowest BCUT2D eigenvalue weighted by Gasteiger charge is -2.07. The maximum atomic E-state index is 5.52. The second kappa shape index (κ2) is 3.63. The molecular formula is C15H20N2OS. The minimum absolute atomic E-state index is 0.264. The molecule has 0 spiro atoms. The molecule has 0 amide bonds. The topological polar surface area (TPSA) is 29.9 Å². The van der Waals surface area contributed by atoms with Crippen LogP contribution < -0.4 is 4.74 Å². The highest BCUT2D eigenvalue weighted by Gasteiger charge is 2.66. The number of fused-ring (bicyclic) bond motifs is 1. The van der Waals surface area contributed by atoms with Gasteiger partial charge in [-0.1, -0.05) is 27.7 Å². The van der Waals surface area contributed by atoms with Crippen molar-refractivity contribution in [3.05, 3.63) is 23.0 Å². The number of aromatic amines is 1. The Morgan fingerprint density at radius 3 is 2.37 bits per heavy atom. The standard InChI is InChI=1S/C15H20N2OS/c1-14(2)12(15(14,3)4)17-11-7-6-9(18-5)8-10(11)16-13(17)19/h6-8,12H,1-5H3,(H,16,19). The van der Waals surface area contributed by atoms with Crippen molar-refractivity contribution in [2.24, 2.45) is 10.8 Å². The fraction of sp³-hybridized carbons (Fsp3) is 0.533. The molecule has 1 N–H and O–H groups in total. The number of imidazole rings is 1. The quantitative estimate of drug-likeness (QED) is 0.828. The van der Waals surface area contributed by atoms with Crippen molar-refractivity contribution >= 4 is 23.3 Å². The molecule has 1 aromatic heterocycles. The van der Waals surface area contributed by atoms with Crippen LogP contribution in [0.15, 0.2) is 18.2 Å². The van der Waals surface area contributed by atoms with Gasteiger partial charge in [0.2, 0.25) is 0 Å². The minimum Gasteiger partial charge on any atom is -0.497 e. The van der Waals surface area contributed by atoms with Gasteiger partial charge in [-0.3, -0.25) is 0 Å². The Kier molecular flexibility index (Phi) is 2.43. The molecule has 0 aliphatic heterocycles. The van der Waals surface area contributed by atoms with Crippen LogP contribution in [0.2, 0.25) is 0 Å². The van der Waals surface area contributed by atoms with Crippen molar-refractivity contribution in [2.75, 3.05) is 7.11 Å². The van der Waals surface area contributed by atoms with Crippen molar-refractivity contribution < 1.29 is 4.74 Å². The third-order valence-electron chi connectivity index (χ3n) is 5.13. The molecule has 0 radical (unpaired) electrons. The third kappa shape index (κ3) is 1.52. The van der Waals surface area contributed by atoms with Gasteiger partial charge >= 0.3 is 0 Å². The van der Waals surface area contributed by atoms with Crippen LogP contribution in [0.1, 0.15) is 33.7 Å². The molecule has 1 fully saturated rings. The lowest BCUT2D eigenvalue weighted by atomic mass is 10.0. The summed E-state index contributed by atoms with van der Waals surface area (Å²) in [5, 5.41) is 0. The van der Waals surface area contributed by atoms with Crippen LogP contribution in [0, 0.1) is 15.6 Å². The van der Waals surface area contributed by atoms with Gasteiger partial charge in [0.25, 0.3) is 0 Å². The Morgan fingerprint density at radius 2 is 1.84 bits per heavy atom. The summed E-state index contributed by atoms with van der Waals surface area (Å²) in [5.41, 5.74) is 2.73. The van der Waals surface area contributed by atoms with Gasteiger partial charge in [0.1, 0.15) is 5.75 Å². The van der Waals surface area contributed by atoms with E-state index in [-0.39, 0.29) is 10.8 Å². The maximum Gasteiger partial charge on any atom is 0.178 e. The number of aromatic nitrogens is 2. The summed E-state index contributed by atoms with van der Waals surface area (Å²) in [6.07, 6.45) is 0. The van der Waals surface area contributed by atoms with Crippen LogP contribution in [0.5, 0.6) is 5.75 Å². The molecule has 2 aromatic rings. The van der Waals surface area contributed by atoms with E-state index in [0.29, 0.717) is 6.04 Å². The van der Waals surface area contributed by atoms with Gasteiger partial charge in [-0.25, -0.2) is 0 Å². The molecule has 0 unspecified atom stereocenters. The van der Waals surface area contributed by atoms with Gasteiger partial charge in [-0.15, -0.1) is 0 Å². The maximum absolute atomic E-state index is 5.52. The van der Waals surface area contributed by atoms with E-state index in [1.165, 1.54) is 0 Å². The first-order chi connectivity index (χ1) is 8.80. The lowest BCUT2D eigenvalue weighted by Crippen LogP contribution is -2.00. The number of H-pyrrole nitrogens is 1. The SMILES string of the molecule is COc1ccc2c(c1)[nH]c(=S)n2C1C(C)(C)C1(C)C. The van der Waals surface area contributed by atoms with E-state index < -0.39 is 0 Å². The van der Waals surface area contributed by atoms with E-state index in [1.807, 2.05) is 12.1 Å². The summed E-state index contributed by atoms with van der Waals surface area (Å²) in [4.78, 5) is 3.30. The second-order valence-electron chi connectivity index (χ2n) is 6.53. The average molecular weight is 276 g/mol. The summed E-state index contributed by atoms with van der Waals surface area (Å²) >= 11 is 5.52. The highest BCUT2D eigenvalue weighted by molar-refractivity contribution is 7.71. The molecule has 1 heterocycles. The van der Waals surface area contributed by atoms with E-state index in [2.05, 4.69) is 43.3 Å². The minimum atomic E-state index is 0.264. The number of nitrogens with zero attached hydrogens (tertiary/aromatic N) is 1. The van der Waals surface area contributed by atoms with E-state index in [4.69, 9.17) is 17.0 Å². The summed E-state index contributed by atoms with van der Waals surface area (Å²) in [5.74, 6) is 0.852. The van der Waals surface area contributed by atoms with Crippen LogP contribution in [0.4, 0.5) is 0 Å². The molecule has 0 atom stereocenters. The normalized spacial score (nSPS) is 20.7. The first kappa shape index (κ1) is 12.7. The third-order valence-corrected chi connectivity index (χ3v) is 5.43.